The van der Waals surface area contributed by atoms with Crippen molar-refractivity contribution in [3.63, 3.8) is 0 Å². The molecule has 0 saturated heterocycles. The first kappa shape index (κ1) is 18.0. The zero-order valence-electron chi connectivity index (χ0n) is 11.6. The van der Waals surface area contributed by atoms with E-state index in [1.165, 1.54) is 0 Å². The highest BCUT2D eigenvalue weighted by Crippen LogP contribution is 2.40. The van der Waals surface area contributed by atoms with E-state index in [9.17, 15) is 35.1 Å². The molecule has 0 aliphatic heterocycles. The molecule has 0 saturated carbocycles. The van der Waals surface area contributed by atoms with Crippen molar-refractivity contribution in [2.75, 3.05) is 0 Å². The van der Waals surface area contributed by atoms with Gasteiger partial charge in [0, 0.05) is 0 Å². The van der Waals surface area contributed by atoms with E-state index in [1.807, 2.05) is 0 Å². The highest BCUT2D eigenvalue weighted by atomic mass is 19.4. The maximum atomic E-state index is 13.1. The van der Waals surface area contributed by atoms with Gasteiger partial charge in [0.15, 0.2) is 0 Å². The van der Waals surface area contributed by atoms with E-state index in [-0.39, 0.29) is 0 Å². The minimum absolute atomic E-state index is 0.420. The maximum Gasteiger partial charge on any atom is 0.417 e. The van der Waals surface area contributed by atoms with Crippen LogP contribution in [0.5, 0.6) is 5.75 Å². The normalized spacial score (nSPS) is 12.5. The Morgan fingerprint density at radius 1 is 0.792 bits per heavy atom. The SMILES string of the molecule is FC(F)Oc1ccc(C(F)(F)F)c(-c2cccc(C(F)(F)F)c2)c1. The van der Waals surface area contributed by atoms with Crippen molar-refractivity contribution in [3.05, 3.63) is 53.6 Å². The van der Waals surface area contributed by atoms with Gasteiger partial charge in [0.2, 0.25) is 0 Å². The van der Waals surface area contributed by atoms with Gasteiger partial charge in [-0.15, -0.1) is 0 Å². The first-order valence-corrected chi connectivity index (χ1v) is 6.32. The monoisotopic (exact) mass is 356 g/mol. The fourth-order valence-corrected chi connectivity index (χ4v) is 2.05. The molecule has 130 valence electrons. The van der Waals surface area contributed by atoms with Crippen molar-refractivity contribution in [3.8, 4) is 16.9 Å². The fourth-order valence-electron chi connectivity index (χ4n) is 2.05. The lowest BCUT2D eigenvalue weighted by molar-refractivity contribution is -0.137. The molecule has 0 amide bonds. The van der Waals surface area contributed by atoms with Crippen LogP contribution in [0.25, 0.3) is 11.1 Å². The van der Waals surface area contributed by atoms with Gasteiger partial charge in [0.05, 0.1) is 11.1 Å². The molecule has 0 heterocycles. The lowest BCUT2D eigenvalue weighted by atomic mass is 9.97. The third-order valence-electron chi connectivity index (χ3n) is 3.02. The Hall–Kier alpha value is -2.32. The molecular formula is C15H8F8O. The summed E-state index contributed by atoms with van der Waals surface area (Å²) in [5.74, 6) is -0.592. The molecule has 0 atom stereocenters. The van der Waals surface area contributed by atoms with Crippen LogP contribution in [-0.2, 0) is 12.4 Å². The molecule has 0 N–H and O–H groups in total. The van der Waals surface area contributed by atoms with Crippen molar-refractivity contribution in [2.45, 2.75) is 19.0 Å². The molecule has 0 radical (unpaired) electrons. The molecule has 2 rings (SSSR count). The Morgan fingerprint density at radius 2 is 1.46 bits per heavy atom. The summed E-state index contributed by atoms with van der Waals surface area (Å²) >= 11 is 0. The third kappa shape index (κ3) is 4.15. The second-order valence-electron chi connectivity index (χ2n) is 4.66. The van der Waals surface area contributed by atoms with Gasteiger partial charge in [-0.3, -0.25) is 0 Å². The van der Waals surface area contributed by atoms with E-state index in [1.54, 1.807) is 0 Å². The predicted molar refractivity (Wildman–Crippen MR) is 68.5 cm³/mol. The second-order valence-corrected chi connectivity index (χ2v) is 4.66. The van der Waals surface area contributed by atoms with Gasteiger partial charge in [0.25, 0.3) is 0 Å². The fraction of sp³-hybridized carbons (Fsp3) is 0.200. The summed E-state index contributed by atoms with van der Waals surface area (Å²) in [5.41, 5.74) is -3.53. The van der Waals surface area contributed by atoms with Crippen molar-refractivity contribution in [1.82, 2.24) is 0 Å². The smallest absolute Gasteiger partial charge is 0.417 e. The van der Waals surface area contributed by atoms with E-state index in [4.69, 9.17) is 0 Å². The first-order valence-electron chi connectivity index (χ1n) is 6.32. The quantitative estimate of drug-likeness (QED) is 0.614. The zero-order chi connectivity index (χ0) is 18.1. The van der Waals surface area contributed by atoms with Crippen LogP contribution < -0.4 is 4.74 Å². The van der Waals surface area contributed by atoms with Crippen LogP contribution in [-0.4, -0.2) is 6.61 Å². The van der Waals surface area contributed by atoms with E-state index < -0.39 is 47.0 Å². The molecule has 0 bridgehead atoms. The van der Waals surface area contributed by atoms with Crippen LogP contribution in [0.2, 0.25) is 0 Å². The summed E-state index contributed by atoms with van der Waals surface area (Å²) in [6.45, 7) is -3.28. The molecule has 0 spiro atoms. The molecule has 0 aliphatic carbocycles. The van der Waals surface area contributed by atoms with Crippen LogP contribution in [0.3, 0.4) is 0 Å². The van der Waals surface area contributed by atoms with Gasteiger partial charge in [-0.05, 0) is 41.5 Å². The predicted octanol–water partition coefficient (Wildman–Crippen LogP) is 5.99. The summed E-state index contributed by atoms with van der Waals surface area (Å²) in [6, 6.07) is 4.93. The average molecular weight is 356 g/mol. The Morgan fingerprint density at radius 3 is 2.00 bits per heavy atom. The number of rotatable bonds is 3. The minimum Gasteiger partial charge on any atom is -0.435 e. The third-order valence-corrected chi connectivity index (χ3v) is 3.02. The Balaban J connectivity index is 2.62. The number of halogens is 8. The molecule has 2 aromatic rings. The van der Waals surface area contributed by atoms with Gasteiger partial charge >= 0.3 is 19.0 Å². The lowest BCUT2D eigenvalue weighted by Gasteiger charge is -2.16. The molecule has 0 aromatic heterocycles. The van der Waals surface area contributed by atoms with Crippen LogP contribution in [0.1, 0.15) is 11.1 Å². The number of hydrogen-bond donors (Lipinski definition) is 0. The molecule has 24 heavy (non-hydrogen) atoms. The van der Waals surface area contributed by atoms with E-state index in [0.717, 1.165) is 12.1 Å². The number of benzene rings is 2. The second kappa shape index (κ2) is 6.29. The van der Waals surface area contributed by atoms with E-state index in [0.29, 0.717) is 30.3 Å². The number of ether oxygens (including phenoxy) is 1. The standard InChI is InChI=1S/C15H8F8O/c16-13(17)24-10-4-5-12(15(21,22)23)11(7-10)8-2-1-3-9(6-8)14(18,19)20/h1-7,13H. The molecule has 1 nitrogen and oxygen atoms in total. The van der Waals surface area contributed by atoms with Crippen molar-refractivity contribution < 1.29 is 39.9 Å². The molecule has 0 fully saturated rings. The van der Waals surface area contributed by atoms with Crippen molar-refractivity contribution >= 4 is 0 Å². The summed E-state index contributed by atoms with van der Waals surface area (Å²) in [7, 11) is 0. The zero-order valence-corrected chi connectivity index (χ0v) is 11.6. The Labute approximate surface area is 130 Å². The van der Waals surface area contributed by atoms with Crippen molar-refractivity contribution in [2.24, 2.45) is 0 Å². The average Bonchev–Trinajstić information content (AvgIpc) is 2.44. The van der Waals surface area contributed by atoms with Crippen LogP contribution in [0.4, 0.5) is 35.1 Å². The number of hydrogen-bond acceptors (Lipinski definition) is 1. The van der Waals surface area contributed by atoms with Crippen LogP contribution >= 0.6 is 0 Å². The summed E-state index contributed by atoms with van der Waals surface area (Å²) < 4.78 is 106. The van der Waals surface area contributed by atoms with E-state index in [2.05, 4.69) is 4.74 Å². The highest BCUT2D eigenvalue weighted by molar-refractivity contribution is 5.70. The van der Waals surface area contributed by atoms with Gasteiger partial charge in [-0.2, -0.15) is 35.1 Å². The molecule has 0 unspecified atom stereocenters. The maximum absolute atomic E-state index is 13.1. The van der Waals surface area contributed by atoms with Gasteiger partial charge in [-0.1, -0.05) is 12.1 Å². The van der Waals surface area contributed by atoms with Gasteiger partial charge in [-0.25, -0.2) is 0 Å². The van der Waals surface area contributed by atoms with Crippen molar-refractivity contribution in [1.29, 1.82) is 0 Å². The first-order chi connectivity index (χ1) is 11.0. The minimum atomic E-state index is -4.88. The molecule has 0 aliphatic rings. The van der Waals surface area contributed by atoms with E-state index >= 15 is 0 Å². The summed E-state index contributed by atoms with van der Waals surface area (Å²) in [6.07, 6.45) is -9.64. The highest BCUT2D eigenvalue weighted by Gasteiger charge is 2.35. The Kier molecular flexibility index (Phi) is 4.73. The number of alkyl halides is 8. The molecule has 9 heteroatoms. The van der Waals surface area contributed by atoms with Gasteiger partial charge < -0.3 is 4.74 Å². The summed E-state index contributed by atoms with van der Waals surface area (Å²) in [5, 5.41) is 0. The van der Waals surface area contributed by atoms with Gasteiger partial charge in [0.1, 0.15) is 5.75 Å². The van der Waals surface area contributed by atoms with Crippen LogP contribution in [0, 0.1) is 0 Å². The lowest BCUT2D eigenvalue weighted by Crippen LogP contribution is -2.09. The Bertz CT molecular complexity index is 718. The molecule has 2 aromatic carbocycles. The molecular weight excluding hydrogens is 348 g/mol. The largest absolute Gasteiger partial charge is 0.435 e. The topological polar surface area (TPSA) is 9.23 Å². The summed E-state index contributed by atoms with van der Waals surface area (Å²) in [4.78, 5) is 0. The van der Waals surface area contributed by atoms with Crippen LogP contribution in [0.15, 0.2) is 42.5 Å².